The van der Waals surface area contributed by atoms with Crippen LogP contribution in [0.15, 0.2) is 24.3 Å². The average molecular weight is 311 g/mol. The molecule has 4 nitrogen and oxygen atoms in total. The van der Waals surface area contributed by atoms with Crippen molar-refractivity contribution in [3.05, 3.63) is 29.8 Å². The van der Waals surface area contributed by atoms with Crippen LogP contribution >= 0.6 is 12.4 Å². The van der Waals surface area contributed by atoms with E-state index < -0.39 is 0 Å². The van der Waals surface area contributed by atoms with Crippen LogP contribution in [-0.4, -0.2) is 37.6 Å². The van der Waals surface area contributed by atoms with Gasteiger partial charge in [0.15, 0.2) is 0 Å². The molecular weight excluding hydrogens is 288 g/mol. The van der Waals surface area contributed by atoms with Gasteiger partial charge >= 0.3 is 0 Å². The van der Waals surface area contributed by atoms with E-state index in [1.807, 2.05) is 23.1 Å². The summed E-state index contributed by atoms with van der Waals surface area (Å²) in [6.45, 7) is 2.47. The predicted molar refractivity (Wildman–Crippen MR) is 84.9 cm³/mol. The van der Waals surface area contributed by atoms with Crippen molar-refractivity contribution in [1.82, 2.24) is 10.2 Å². The second-order valence-electron chi connectivity index (χ2n) is 5.70. The third-order valence-corrected chi connectivity index (χ3v) is 4.22. The largest absolute Gasteiger partial charge is 0.496 e. The van der Waals surface area contributed by atoms with Crippen molar-refractivity contribution in [2.75, 3.05) is 26.7 Å². The van der Waals surface area contributed by atoms with Gasteiger partial charge in [0.25, 0.3) is 0 Å². The molecule has 2 aliphatic rings. The minimum Gasteiger partial charge on any atom is -0.496 e. The van der Waals surface area contributed by atoms with E-state index >= 15 is 0 Å². The van der Waals surface area contributed by atoms with Crippen LogP contribution in [0.3, 0.4) is 0 Å². The third kappa shape index (κ3) is 3.69. The summed E-state index contributed by atoms with van der Waals surface area (Å²) in [4.78, 5) is 14.5. The van der Waals surface area contributed by atoms with Crippen molar-refractivity contribution in [2.24, 2.45) is 5.92 Å². The SMILES string of the molecule is COc1ccccc1C1CNCCN1C(=O)CC1CC1.Cl. The third-order valence-electron chi connectivity index (χ3n) is 4.22. The van der Waals surface area contributed by atoms with Crippen molar-refractivity contribution >= 4 is 18.3 Å². The number of piperazine rings is 1. The standard InChI is InChI=1S/C16H22N2O2.ClH/c1-20-15-5-3-2-4-13(15)14-11-17-8-9-18(14)16(19)10-12-6-7-12;/h2-5,12,14,17H,6-11H2,1H3;1H. The van der Waals surface area contributed by atoms with Crippen LogP contribution in [0.25, 0.3) is 0 Å². The molecule has 0 bridgehead atoms. The first-order valence-electron chi connectivity index (χ1n) is 7.42. The Kier molecular flexibility index (Phi) is 5.48. The first-order chi connectivity index (χ1) is 9.79. The van der Waals surface area contributed by atoms with Crippen LogP contribution in [0.1, 0.15) is 30.9 Å². The summed E-state index contributed by atoms with van der Waals surface area (Å²) in [5.41, 5.74) is 1.10. The Morgan fingerprint density at radius 1 is 1.38 bits per heavy atom. The van der Waals surface area contributed by atoms with E-state index in [9.17, 15) is 4.79 Å². The summed E-state index contributed by atoms with van der Waals surface area (Å²) in [6, 6.07) is 8.10. The highest BCUT2D eigenvalue weighted by atomic mass is 35.5. The highest BCUT2D eigenvalue weighted by Gasteiger charge is 2.33. The van der Waals surface area contributed by atoms with E-state index in [1.165, 1.54) is 12.8 Å². The van der Waals surface area contributed by atoms with Crippen LogP contribution < -0.4 is 10.1 Å². The minimum atomic E-state index is 0. The molecule has 1 atom stereocenters. The van der Waals surface area contributed by atoms with E-state index in [-0.39, 0.29) is 18.4 Å². The van der Waals surface area contributed by atoms with Gasteiger partial charge in [0, 0.05) is 31.6 Å². The van der Waals surface area contributed by atoms with Gasteiger partial charge in [-0.05, 0) is 24.8 Å². The Morgan fingerprint density at radius 2 is 2.14 bits per heavy atom. The molecular formula is C16H23ClN2O2. The minimum absolute atomic E-state index is 0. The molecule has 1 unspecified atom stereocenters. The van der Waals surface area contributed by atoms with E-state index in [2.05, 4.69) is 11.4 Å². The second-order valence-corrected chi connectivity index (χ2v) is 5.70. The van der Waals surface area contributed by atoms with E-state index in [0.29, 0.717) is 18.2 Å². The van der Waals surface area contributed by atoms with Crippen LogP contribution in [0.4, 0.5) is 0 Å². The molecule has 1 aromatic carbocycles. The van der Waals surface area contributed by atoms with Gasteiger partial charge in [-0.1, -0.05) is 18.2 Å². The lowest BCUT2D eigenvalue weighted by Crippen LogP contribution is -2.48. The summed E-state index contributed by atoms with van der Waals surface area (Å²) in [7, 11) is 1.69. The maximum absolute atomic E-state index is 12.5. The van der Waals surface area contributed by atoms with Crippen LogP contribution in [0.5, 0.6) is 5.75 Å². The van der Waals surface area contributed by atoms with Crippen molar-refractivity contribution in [3.63, 3.8) is 0 Å². The number of hydrogen-bond donors (Lipinski definition) is 1. The fourth-order valence-corrected chi connectivity index (χ4v) is 2.91. The number of methoxy groups -OCH3 is 1. The lowest BCUT2D eigenvalue weighted by molar-refractivity contribution is -0.135. The average Bonchev–Trinajstić information content (AvgIpc) is 3.31. The summed E-state index contributed by atoms with van der Waals surface area (Å²) >= 11 is 0. The van der Waals surface area contributed by atoms with Crippen LogP contribution in [-0.2, 0) is 4.79 Å². The molecule has 116 valence electrons. The van der Waals surface area contributed by atoms with Crippen LogP contribution in [0, 0.1) is 5.92 Å². The molecule has 21 heavy (non-hydrogen) atoms. The number of hydrogen-bond acceptors (Lipinski definition) is 3. The molecule has 0 aromatic heterocycles. The summed E-state index contributed by atoms with van der Waals surface area (Å²) < 4.78 is 5.45. The van der Waals surface area contributed by atoms with Crippen molar-refractivity contribution in [3.8, 4) is 5.75 Å². The normalized spacial score (nSPS) is 21.6. The molecule has 2 fully saturated rings. The Balaban J connectivity index is 0.00000161. The molecule has 1 heterocycles. The molecule has 1 saturated heterocycles. The maximum Gasteiger partial charge on any atom is 0.223 e. The molecule has 1 saturated carbocycles. The molecule has 0 radical (unpaired) electrons. The summed E-state index contributed by atoms with van der Waals surface area (Å²) in [5, 5.41) is 3.39. The zero-order valence-corrected chi connectivity index (χ0v) is 13.2. The van der Waals surface area contributed by atoms with Gasteiger partial charge in [-0.3, -0.25) is 4.79 Å². The molecule has 3 rings (SSSR count). The Bertz CT molecular complexity index is 491. The van der Waals surface area contributed by atoms with Gasteiger partial charge in [0.2, 0.25) is 5.91 Å². The molecule has 1 amide bonds. The highest BCUT2D eigenvalue weighted by molar-refractivity contribution is 5.85. The number of ether oxygens (including phenoxy) is 1. The van der Waals surface area contributed by atoms with E-state index in [1.54, 1.807) is 7.11 Å². The van der Waals surface area contributed by atoms with E-state index in [0.717, 1.165) is 30.9 Å². The number of halogens is 1. The monoisotopic (exact) mass is 310 g/mol. The lowest BCUT2D eigenvalue weighted by Gasteiger charge is -2.37. The number of para-hydroxylation sites is 1. The highest BCUT2D eigenvalue weighted by Crippen LogP contribution is 2.35. The number of nitrogens with zero attached hydrogens (tertiary/aromatic N) is 1. The number of benzene rings is 1. The zero-order chi connectivity index (χ0) is 13.9. The smallest absolute Gasteiger partial charge is 0.223 e. The Hall–Kier alpha value is -1.26. The van der Waals surface area contributed by atoms with Gasteiger partial charge in [-0.15, -0.1) is 12.4 Å². The summed E-state index contributed by atoms with van der Waals surface area (Å²) in [6.07, 6.45) is 3.15. The fourth-order valence-electron chi connectivity index (χ4n) is 2.91. The van der Waals surface area contributed by atoms with Gasteiger partial charge in [0.05, 0.1) is 13.2 Å². The maximum atomic E-state index is 12.5. The van der Waals surface area contributed by atoms with Crippen molar-refractivity contribution in [1.29, 1.82) is 0 Å². The lowest BCUT2D eigenvalue weighted by atomic mass is 10.0. The van der Waals surface area contributed by atoms with Gasteiger partial charge in [-0.25, -0.2) is 0 Å². The van der Waals surface area contributed by atoms with Gasteiger partial charge in [0.1, 0.15) is 5.75 Å². The number of rotatable bonds is 4. The Morgan fingerprint density at radius 3 is 2.86 bits per heavy atom. The topological polar surface area (TPSA) is 41.6 Å². The quantitative estimate of drug-likeness (QED) is 0.928. The van der Waals surface area contributed by atoms with E-state index in [4.69, 9.17) is 4.74 Å². The van der Waals surface area contributed by atoms with Crippen LogP contribution in [0.2, 0.25) is 0 Å². The molecule has 1 aliphatic heterocycles. The molecule has 5 heteroatoms. The van der Waals surface area contributed by atoms with Crippen molar-refractivity contribution < 1.29 is 9.53 Å². The first-order valence-corrected chi connectivity index (χ1v) is 7.42. The number of carbonyl (C=O) groups is 1. The predicted octanol–water partition coefficient (Wildman–Crippen LogP) is 2.39. The molecule has 1 aliphatic carbocycles. The summed E-state index contributed by atoms with van der Waals surface area (Å²) in [5.74, 6) is 1.80. The van der Waals surface area contributed by atoms with Gasteiger partial charge in [-0.2, -0.15) is 0 Å². The number of carbonyl (C=O) groups excluding carboxylic acids is 1. The Labute approximate surface area is 132 Å². The molecule has 1 aromatic rings. The fraction of sp³-hybridized carbons (Fsp3) is 0.562. The molecule has 0 spiro atoms. The molecule has 1 N–H and O–H groups in total. The number of amides is 1. The number of nitrogens with one attached hydrogen (secondary N) is 1. The second kappa shape index (κ2) is 7.14. The van der Waals surface area contributed by atoms with Crippen molar-refractivity contribution in [2.45, 2.75) is 25.3 Å². The van der Waals surface area contributed by atoms with Gasteiger partial charge < -0.3 is 15.0 Å². The zero-order valence-electron chi connectivity index (χ0n) is 12.4. The first kappa shape index (κ1) is 16.1.